The summed E-state index contributed by atoms with van der Waals surface area (Å²) in [5.41, 5.74) is 3.50. The third kappa shape index (κ3) is 3.58. The lowest BCUT2D eigenvalue weighted by molar-refractivity contribution is -0.120. The predicted octanol–water partition coefficient (Wildman–Crippen LogP) is 3.31. The maximum Gasteiger partial charge on any atom is 0.282 e. The van der Waals surface area contributed by atoms with Crippen LogP contribution < -0.4 is 4.90 Å². The van der Waals surface area contributed by atoms with Crippen molar-refractivity contribution in [1.82, 2.24) is 9.80 Å². The van der Waals surface area contributed by atoms with Crippen LogP contribution in [0.4, 0.5) is 5.69 Å². The molecule has 0 bridgehead atoms. The Morgan fingerprint density at radius 3 is 2.14 bits per heavy atom. The van der Waals surface area contributed by atoms with E-state index in [1.54, 1.807) is 0 Å². The molecule has 2 amide bonds. The molecule has 0 saturated carbocycles. The average molecular weight is 389 g/mol. The van der Waals surface area contributed by atoms with Gasteiger partial charge in [0.2, 0.25) is 0 Å². The lowest BCUT2D eigenvalue weighted by Crippen LogP contribution is -2.43. The fraction of sp³-hybridized carbons (Fsp3) is 0.333. The Kier molecular flexibility index (Phi) is 5.24. The van der Waals surface area contributed by atoms with Gasteiger partial charge >= 0.3 is 0 Å². The Hall–Kier alpha value is -2.92. The standard InChI is InChI=1S/C24H27N3O2/c1-17-9-11-20(12-10-17)27-23(28)21(18-7-5-4-6-8-18)22(24(27)29)26(3)19-13-15-25(2)16-14-19/h4-12,19H,13-16H2,1-3H3. The molecule has 2 aliphatic heterocycles. The maximum absolute atomic E-state index is 13.5. The largest absolute Gasteiger partial charge is 0.366 e. The number of benzene rings is 2. The third-order valence-electron chi connectivity index (χ3n) is 6.00. The second kappa shape index (κ2) is 7.84. The molecule has 0 radical (unpaired) electrons. The van der Waals surface area contributed by atoms with Gasteiger partial charge in [-0.15, -0.1) is 0 Å². The third-order valence-corrected chi connectivity index (χ3v) is 6.00. The Balaban J connectivity index is 1.76. The molecule has 1 fully saturated rings. The molecule has 2 heterocycles. The summed E-state index contributed by atoms with van der Waals surface area (Å²) in [6.07, 6.45) is 1.95. The number of aryl methyl sites for hydroxylation is 1. The van der Waals surface area contributed by atoms with Crippen molar-refractivity contribution in [1.29, 1.82) is 0 Å². The van der Waals surface area contributed by atoms with Crippen molar-refractivity contribution >= 4 is 23.1 Å². The Labute approximate surface area is 172 Å². The number of hydrogen-bond acceptors (Lipinski definition) is 4. The van der Waals surface area contributed by atoms with E-state index in [1.807, 2.05) is 73.5 Å². The fourth-order valence-electron chi connectivity index (χ4n) is 4.20. The summed E-state index contributed by atoms with van der Waals surface area (Å²) < 4.78 is 0. The number of carbonyl (C=O) groups excluding carboxylic acids is 2. The van der Waals surface area contributed by atoms with Crippen molar-refractivity contribution in [3.8, 4) is 0 Å². The molecular formula is C24H27N3O2. The van der Waals surface area contributed by atoms with Crippen LogP contribution in [0.2, 0.25) is 0 Å². The number of imide groups is 1. The second-order valence-corrected chi connectivity index (χ2v) is 8.02. The molecule has 0 aromatic heterocycles. The van der Waals surface area contributed by atoms with Gasteiger partial charge in [-0.3, -0.25) is 9.59 Å². The molecule has 0 aliphatic carbocycles. The molecule has 29 heavy (non-hydrogen) atoms. The minimum atomic E-state index is -0.250. The molecule has 0 N–H and O–H groups in total. The van der Waals surface area contributed by atoms with Gasteiger partial charge in [0.05, 0.1) is 11.3 Å². The number of nitrogens with zero attached hydrogens (tertiary/aromatic N) is 3. The SMILES string of the molecule is Cc1ccc(N2C(=O)C(c3ccccc3)=C(N(C)C3CCN(C)CC3)C2=O)cc1. The van der Waals surface area contributed by atoms with Crippen molar-refractivity contribution in [2.24, 2.45) is 0 Å². The maximum atomic E-state index is 13.5. The van der Waals surface area contributed by atoms with Gasteiger partial charge in [0.25, 0.3) is 11.8 Å². The predicted molar refractivity (Wildman–Crippen MR) is 115 cm³/mol. The molecule has 150 valence electrons. The number of carbonyl (C=O) groups is 2. The highest BCUT2D eigenvalue weighted by molar-refractivity contribution is 6.45. The minimum absolute atomic E-state index is 0.237. The van der Waals surface area contributed by atoms with Crippen LogP contribution in [0.15, 0.2) is 60.3 Å². The normalized spacial score (nSPS) is 18.7. The van der Waals surface area contributed by atoms with E-state index < -0.39 is 0 Å². The van der Waals surface area contributed by atoms with Crippen molar-refractivity contribution in [3.05, 3.63) is 71.4 Å². The molecule has 5 nitrogen and oxygen atoms in total. The highest BCUT2D eigenvalue weighted by atomic mass is 16.2. The van der Waals surface area contributed by atoms with E-state index in [1.165, 1.54) is 4.90 Å². The summed E-state index contributed by atoms with van der Waals surface area (Å²) in [6.45, 7) is 3.98. The Bertz CT molecular complexity index is 942. The van der Waals surface area contributed by atoms with Crippen molar-refractivity contribution in [3.63, 3.8) is 0 Å². The average Bonchev–Trinajstić information content (AvgIpc) is 2.99. The summed E-state index contributed by atoms with van der Waals surface area (Å²) in [7, 11) is 4.08. The van der Waals surface area contributed by atoms with Crippen LogP contribution in [0, 0.1) is 6.92 Å². The van der Waals surface area contributed by atoms with Gasteiger partial charge in [0.1, 0.15) is 5.70 Å². The van der Waals surface area contributed by atoms with Gasteiger partial charge in [-0.2, -0.15) is 0 Å². The number of anilines is 1. The molecule has 0 spiro atoms. The zero-order chi connectivity index (χ0) is 20.5. The summed E-state index contributed by atoms with van der Waals surface area (Å²) >= 11 is 0. The van der Waals surface area contributed by atoms with Crippen LogP contribution in [-0.4, -0.2) is 54.8 Å². The van der Waals surface area contributed by atoms with Crippen LogP contribution >= 0.6 is 0 Å². The number of likely N-dealkylation sites (tertiary alicyclic amines) is 1. The van der Waals surface area contributed by atoms with Gasteiger partial charge in [-0.25, -0.2) is 4.90 Å². The molecule has 0 atom stereocenters. The summed E-state index contributed by atoms with van der Waals surface area (Å²) in [5.74, 6) is -0.487. The number of piperidine rings is 1. The van der Waals surface area contributed by atoms with Crippen molar-refractivity contribution in [2.75, 3.05) is 32.1 Å². The van der Waals surface area contributed by atoms with E-state index in [2.05, 4.69) is 11.9 Å². The van der Waals surface area contributed by atoms with E-state index in [-0.39, 0.29) is 17.9 Å². The first-order chi connectivity index (χ1) is 14.0. The van der Waals surface area contributed by atoms with Crippen LogP contribution in [0.1, 0.15) is 24.0 Å². The molecule has 0 unspecified atom stereocenters. The topological polar surface area (TPSA) is 43.9 Å². The van der Waals surface area contributed by atoms with E-state index in [0.717, 1.165) is 37.1 Å². The number of amides is 2. The summed E-state index contributed by atoms with van der Waals surface area (Å²) in [4.78, 5) is 32.7. The lowest BCUT2D eigenvalue weighted by atomic mass is 10.0. The zero-order valence-corrected chi connectivity index (χ0v) is 17.3. The first kappa shape index (κ1) is 19.4. The van der Waals surface area contributed by atoms with Crippen molar-refractivity contribution in [2.45, 2.75) is 25.8 Å². The van der Waals surface area contributed by atoms with Crippen LogP contribution in [-0.2, 0) is 9.59 Å². The number of likely N-dealkylation sites (N-methyl/N-ethyl adjacent to an activating group) is 1. The van der Waals surface area contributed by atoms with Gasteiger partial charge in [0, 0.05) is 13.1 Å². The fourth-order valence-corrected chi connectivity index (χ4v) is 4.20. The minimum Gasteiger partial charge on any atom is -0.366 e. The van der Waals surface area contributed by atoms with E-state index in [0.29, 0.717) is 17.0 Å². The Morgan fingerprint density at radius 2 is 1.52 bits per heavy atom. The summed E-state index contributed by atoms with van der Waals surface area (Å²) in [5, 5.41) is 0. The van der Waals surface area contributed by atoms with Crippen LogP contribution in [0.5, 0.6) is 0 Å². The van der Waals surface area contributed by atoms with E-state index >= 15 is 0 Å². The monoisotopic (exact) mass is 389 g/mol. The highest BCUT2D eigenvalue weighted by Crippen LogP contribution is 2.36. The van der Waals surface area contributed by atoms with Gasteiger partial charge in [-0.05, 0) is 57.6 Å². The molecule has 1 saturated heterocycles. The molecule has 2 aromatic rings. The lowest BCUT2D eigenvalue weighted by Gasteiger charge is -2.36. The molecule has 5 heteroatoms. The first-order valence-corrected chi connectivity index (χ1v) is 10.1. The number of rotatable bonds is 4. The molecule has 2 aromatic carbocycles. The Morgan fingerprint density at radius 1 is 0.897 bits per heavy atom. The van der Waals surface area contributed by atoms with Gasteiger partial charge in [-0.1, -0.05) is 48.0 Å². The van der Waals surface area contributed by atoms with Crippen LogP contribution in [0.25, 0.3) is 5.57 Å². The van der Waals surface area contributed by atoms with Crippen LogP contribution in [0.3, 0.4) is 0 Å². The van der Waals surface area contributed by atoms with E-state index in [9.17, 15) is 9.59 Å². The zero-order valence-electron chi connectivity index (χ0n) is 17.3. The smallest absolute Gasteiger partial charge is 0.282 e. The van der Waals surface area contributed by atoms with E-state index in [4.69, 9.17) is 0 Å². The first-order valence-electron chi connectivity index (χ1n) is 10.1. The molecular weight excluding hydrogens is 362 g/mol. The highest BCUT2D eigenvalue weighted by Gasteiger charge is 2.43. The van der Waals surface area contributed by atoms with Gasteiger partial charge < -0.3 is 9.80 Å². The molecule has 4 rings (SSSR count). The quantitative estimate of drug-likeness (QED) is 0.753. The van der Waals surface area contributed by atoms with Crippen molar-refractivity contribution < 1.29 is 9.59 Å². The molecule has 2 aliphatic rings. The van der Waals surface area contributed by atoms with Gasteiger partial charge in [0.15, 0.2) is 0 Å². The number of hydrogen-bond donors (Lipinski definition) is 0. The summed E-state index contributed by atoms with van der Waals surface area (Å²) in [6, 6.07) is 17.3. The second-order valence-electron chi connectivity index (χ2n) is 8.02.